The van der Waals surface area contributed by atoms with Gasteiger partial charge in [0, 0.05) is 18.4 Å². The predicted octanol–water partition coefficient (Wildman–Crippen LogP) is 3.40. The van der Waals surface area contributed by atoms with Crippen molar-refractivity contribution in [2.75, 3.05) is 5.32 Å². The van der Waals surface area contributed by atoms with Crippen molar-refractivity contribution in [3.05, 3.63) is 52.6 Å². The van der Waals surface area contributed by atoms with Gasteiger partial charge < -0.3 is 5.32 Å². The smallest absolute Gasteiger partial charge is 0.256 e. The lowest BCUT2D eigenvalue weighted by atomic mass is 10.1. The SMILES string of the molecule is Cc1cc(C(=O)Nc2ccc3nc(C)c(C)nc3c2)c2c(C)nn(C)c2n1. The van der Waals surface area contributed by atoms with Crippen molar-refractivity contribution in [2.24, 2.45) is 7.05 Å². The molecule has 7 heteroatoms. The number of hydrogen-bond donors (Lipinski definition) is 1. The lowest BCUT2D eigenvalue weighted by Crippen LogP contribution is -2.13. The van der Waals surface area contributed by atoms with Crippen molar-refractivity contribution in [3.63, 3.8) is 0 Å². The van der Waals surface area contributed by atoms with E-state index in [1.54, 1.807) is 10.7 Å². The molecule has 7 nitrogen and oxygen atoms in total. The Labute approximate surface area is 156 Å². The first kappa shape index (κ1) is 17.1. The van der Waals surface area contributed by atoms with E-state index in [0.29, 0.717) is 16.9 Å². The predicted molar refractivity (Wildman–Crippen MR) is 105 cm³/mol. The van der Waals surface area contributed by atoms with Crippen LogP contribution in [0.25, 0.3) is 22.1 Å². The molecule has 0 atom stereocenters. The summed E-state index contributed by atoms with van der Waals surface area (Å²) in [6.45, 7) is 7.61. The van der Waals surface area contributed by atoms with Gasteiger partial charge in [-0.2, -0.15) is 5.10 Å². The Hall–Kier alpha value is -3.35. The molecule has 0 radical (unpaired) electrons. The maximum absolute atomic E-state index is 13.0. The lowest BCUT2D eigenvalue weighted by Gasteiger charge is -2.09. The standard InChI is InChI=1S/C20H20N6O/c1-10-8-15(18-13(4)25-26(5)19(18)21-10)20(27)24-14-6-7-16-17(9-14)23-12(3)11(2)22-16/h6-9H,1-5H3,(H,24,27). The highest BCUT2D eigenvalue weighted by Gasteiger charge is 2.18. The molecule has 0 fully saturated rings. The minimum absolute atomic E-state index is 0.197. The van der Waals surface area contributed by atoms with Gasteiger partial charge in [-0.1, -0.05) is 0 Å². The van der Waals surface area contributed by atoms with Crippen LogP contribution in [-0.4, -0.2) is 30.6 Å². The maximum Gasteiger partial charge on any atom is 0.256 e. The minimum Gasteiger partial charge on any atom is -0.322 e. The molecule has 0 bridgehead atoms. The number of nitrogens with zero attached hydrogens (tertiary/aromatic N) is 5. The Bertz CT molecular complexity index is 1220. The van der Waals surface area contributed by atoms with Crippen molar-refractivity contribution < 1.29 is 4.79 Å². The van der Waals surface area contributed by atoms with Crippen LogP contribution in [-0.2, 0) is 7.05 Å². The molecule has 27 heavy (non-hydrogen) atoms. The van der Waals surface area contributed by atoms with E-state index in [4.69, 9.17) is 0 Å². The highest BCUT2D eigenvalue weighted by molar-refractivity contribution is 6.13. The number of rotatable bonds is 2. The number of aryl methyl sites for hydroxylation is 5. The van der Waals surface area contributed by atoms with Gasteiger partial charge in [0.1, 0.15) is 0 Å². The molecule has 0 spiro atoms. The Morgan fingerprint density at radius 3 is 2.37 bits per heavy atom. The Morgan fingerprint density at radius 2 is 1.63 bits per heavy atom. The highest BCUT2D eigenvalue weighted by atomic mass is 16.1. The molecule has 0 aliphatic carbocycles. The largest absolute Gasteiger partial charge is 0.322 e. The fourth-order valence-corrected chi connectivity index (χ4v) is 3.26. The second-order valence-electron chi connectivity index (χ2n) is 6.77. The maximum atomic E-state index is 13.0. The van der Waals surface area contributed by atoms with Crippen LogP contribution in [0.2, 0.25) is 0 Å². The number of fused-ring (bicyclic) bond motifs is 2. The quantitative estimate of drug-likeness (QED) is 0.592. The Balaban J connectivity index is 1.75. The van der Waals surface area contributed by atoms with Gasteiger partial charge in [-0.15, -0.1) is 0 Å². The van der Waals surface area contributed by atoms with Crippen LogP contribution in [0.15, 0.2) is 24.3 Å². The fraction of sp³-hybridized carbons (Fsp3) is 0.250. The Kier molecular flexibility index (Phi) is 3.87. The van der Waals surface area contributed by atoms with E-state index in [-0.39, 0.29) is 5.91 Å². The van der Waals surface area contributed by atoms with Crippen LogP contribution < -0.4 is 5.32 Å². The minimum atomic E-state index is -0.197. The zero-order valence-electron chi connectivity index (χ0n) is 16.0. The number of nitrogens with one attached hydrogen (secondary N) is 1. The molecule has 0 unspecified atom stereocenters. The summed E-state index contributed by atoms with van der Waals surface area (Å²) in [5, 5.41) is 8.14. The summed E-state index contributed by atoms with van der Waals surface area (Å²) in [5.41, 5.74) is 6.83. The number of carbonyl (C=O) groups is 1. The average Bonchev–Trinajstić information content (AvgIpc) is 2.89. The summed E-state index contributed by atoms with van der Waals surface area (Å²) < 4.78 is 1.70. The second-order valence-corrected chi connectivity index (χ2v) is 6.77. The summed E-state index contributed by atoms with van der Waals surface area (Å²) in [5.74, 6) is -0.197. The van der Waals surface area contributed by atoms with Gasteiger partial charge in [-0.05, 0) is 52.0 Å². The van der Waals surface area contributed by atoms with Gasteiger partial charge in [-0.25, -0.2) is 15.0 Å². The van der Waals surface area contributed by atoms with E-state index in [2.05, 4.69) is 25.4 Å². The van der Waals surface area contributed by atoms with Crippen molar-refractivity contribution >= 4 is 33.7 Å². The molecule has 1 aromatic carbocycles. The van der Waals surface area contributed by atoms with E-state index in [1.807, 2.05) is 52.9 Å². The third-order valence-corrected chi connectivity index (χ3v) is 4.67. The summed E-state index contributed by atoms with van der Waals surface area (Å²) in [6.07, 6.45) is 0. The van der Waals surface area contributed by atoms with E-state index >= 15 is 0 Å². The number of aromatic nitrogens is 5. The molecular formula is C20H20N6O. The third kappa shape index (κ3) is 2.91. The third-order valence-electron chi connectivity index (χ3n) is 4.67. The summed E-state index contributed by atoms with van der Waals surface area (Å²) >= 11 is 0. The zero-order valence-corrected chi connectivity index (χ0v) is 16.0. The number of hydrogen-bond acceptors (Lipinski definition) is 5. The van der Waals surface area contributed by atoms with Gasteiger partial charge in [-0.3, -0.25) is 9.48 Å². The molecule has 136 valence electrons. The van der Waals surface area contributed by atoms with E-state index in [9.17, 15) is 4.79 Å². The number of pyridine rings is 1. The number of amides is 1. The first-order valence-electron chi connectivity index (χ1n) is 8.71. The molecule has 3 aromatic heterocycles. The summed E-state index contributed by atoms with van der Waals surface area (Å²) in [6, 6.07) is 7.34. The van der Waals surface area contributed by atoms with Crippen LogP contribution in [0.5, 0.6) is 0 Å². The van der Waals surface area contributed by atoms with Crippen molar-refractivity contribution in [2.45, 2.75) is 27.7 Å². The van der Waals surface area contributed by atoms with Crippen LogP contribution in [0.3, 0.4) is 0 Å². The number of carbonyl (C=O) groups excluding carboxylic acids is 1. The van der Waals surface area contributed by atoms with Gasteiger partial charge in [0.15, 0.2) is 5.65 Å². The van der Waals surface area contributed by atoms with Crippen LogP contribution in [0.4, 0.5) is 5.69 Å². The van der Waals surface area contributed by atoms with E-state index in [0.717, 1.165) is 39.2 Å². The molecular weight excluding hydrogens is 340 g/mol. The first-order valence-corrected chi connectivity index (χ1v) is 8.71. The van der Waals surface area contributed by atoms with Crippen molar-refractivity contribution in [3.8, 4) is 0 Å². The Morgan fingerprint density at radius 1 is 0.926 bits per heavy atom. The molecule has 4 rings (SSSR count). The van der Waals surface area contributed by atoms with Crippen LogP contribution >= 0.6 is 0 Å². The average molecular weight is 360 g/mol. The molecule has 1 amide bonds. The summed E-state index contributed by atoms with van der Waals surface area (Å²) in [7, 11) is 1.83. The monoisotopic (exact) mass is 360 g/mol. The highest BCUT2D eigenvalue weighted by Crippen LogP contribution is 2.24. The number of benzene rings is 1. The van der Waals surface area contributed by atoms with Crippen molar-refractivity contribution in [1.29, 1.82) is 0 Å². The van der Waals surface area contributed by atoms with Crippen LogP contribution in [0.1, 0.15) is 33.1 Å². The van der Waals surface area contributed by atoms with Gasteiger partial charge >= 0.3 is 0 Å². The molecule has 4 aromatic rings. The van der Waals surface area contributed by atoms with Crippen LogP contribution in [0, 0.1) is 27.7 Å². The second kappa shape index (κ2) is 6.12. The molecule has 0 saturated carbocycles. The van der Waals surface area contributed by atoms with Crippen molar-refractivity contribution in [1.82, 2.24) is 24.7 Å². The zero-order chi connectivity index (χ0) is 19.3. The topological polar surface area (TPSA) is 85.6 Å². The molecule has 1 N–H and O–H groups in total. The fourth-order valence-electron chi connectivity index (χ4n) is 3.26. The molecule has 0 aliphatic rings. The van der Waals surface area contributed by atoms with Gasteiger partial charge in [0.2, 0.25) is 0 Å². The number of anilines is 1. The summed E-state index contributed by atoms with van der Waals surface area (Å²) in [4.78, 5) is 26.6. The van der Waals surface area contributed by atoms with E-state index < -0.39 is 0 Å². The lowest BCUT2D eigenvalue weighted by molar-refractivity contribution is 0.102. The molecule has 3 heterocycles. The normalized spacial score (nSPS) is 11.3. The molecule has 0 saturated heterocycles. The molecule has 0 aliphatic heterocycles. The van der Waals surface area contributed by atoms with Gasteiger partial charge in [0.25, 0.3) is 5.91 Å². The van der Waals surface area contributed by atoms with E-state index in [1.165, 1.54) is 0 Å². The van der Waals surface area contributed by atoms with Gasteiger partial charge in [0.05, 0.1) is 39.1 Å². The first-order chi connectivity index (χ1) is 12.8.